The maximum Gasteiger partial charge on any atom is 0.407 e. The Hall–Kier alpha value is -2.31. The summed E-state index contributed by atoms with van der Waals surface area (Å²) in [4.78, 5) is 27.1. The molecule has 1 rings (SSSR count). The van der Waals surface area contributed by atoms with Crippen LogP contribution in [0.4, 0.5) is 4.79 Å². The van der Waals surface area contributed by atoms with Crippen LogP contribution < -0.4 is 10.1 Å². The first-order valence-corrected chi connectivity index (χ1v) is 6.87. The van der Waals surface area contributed by atoms with Crippen LogP contribution in [0.25, 0.3) is 0 Å². The van der Waals surface area contributed by atoms with Crippen LogP contribution in [0.15, 0.2) is 18.5 Å². The van der Waals surface area contributed by atoms with Crippen LogP contribution in [-0.2, 0) is 9.47 Å². The number of pyridine rings is 1. The molecule has 0 saturated heterocycles. The van der Waals surface area contributed by atoms with Gasteiger partial charge in [0, 0.05) is 12.4 Å². The number of aromatic nitrogens is 1. The summed E-state index contributed by atoms with van der Waals surface area (Å²) in [5.41, 5.74) is -0.331. The molecule has 122 valence electrons. The molecule has 7 nitrogen and oxygen atoms in total. The summed E-state index contributed by atoms with van der Waals surface area (Å²) in [6.45, 7) is 7.30. The van der Waals surface area contributed by atoms with Gasteiger partial charge in [0.25, 0.3) is 0 Å². The lowest BCUT2D eigenvalue weighted by Gasteiger charge is -2.22. The summed E-state index contributed by atoms with van der Waals surface area (Å²) < 4.78 is 15.3. The third kappa shape index (κ3) is 5.99. The standard InChI is InChI=1S/C15H22N2O5/c1-10(17-14(19)22-15(2,3)4)9-21-12-6-7-16-8-11(12)13(18)20-5/h6-8,10H,9H2,1-5H3,(H,17,19). The third-order valence-electron chi connectivity index (χ3n) is 2.44. The van der Waals surface area contributed by atoms with Crippen molar-refractivity contribution in [1.82, 2.24) is 10.3 Å². The number of carbonyl (C=O) groups is 2. The molecule has 1 atom stereocenters. The fraction of sp³-hybridized carbons (Fsp3) is 0.533. The summed E-state index contributed by atoms with van der Waals surface area (Å²) in [5.74, 6) is -0.185. The summed E-state index contributed by atoms with van der Waals surface area (Å²) in [5, 5.41) is 2.65. The minimum Gasteiger partial charge on any atom is -0.490 e. The number of nitrogens with zero attached hydrogens (tertiary/aromatic N) is 1. The molecule has 1 N–H and O–H groups in total. The van der Waals surface area contributed by atoms with Crippen molar-refractivity contribution in [3.05, 3.63) is 24.0 Å². The molecular weight excluding hydrogens is 288 g/mol. The van der Waals surface area contributed by atoms with Gasteiger partial charge in [0.1, 0.15) is 23.5 Å². The average Bonchev–Trinajstić information content (AvgIpc) is 2.42. The largest absolute Gasteiger partial charge is 0.490 e. The molecular formula is C15H22N2O5. The van der Waals surface area contributed by atoms with Gasteiger partial charge in [-0.3, -0.25) is 4.98 Å². The van der Waals surface area contributed by atoms with Gasteiger partial charge in [0.15, 0.2) is 0 Å². The van der Waals surface area contributed by atoms with Crippen molar-refractivity contribution in [3.63, 3.8) is 0 Å². The number of amides is 1. The molecule has 0 spiro atoms. The van der Waals surface area contributed by atoms with E-state index in [1.54, 1.807) is 33.8 Å². The molecule has 0 aromatic carbocycles. The molecule has 1 aromatic rings. The van der Waals surface area contributed by atoms with Gasteiger partial charge in [-0.1, -0.05) is 0 Å². The predicted molar refractivity (Wildman–Crippen MR) is 79.9 cm³/mol. The maximum atomic E-state index is 11.6. The van der Waals surface area contributed by atoms with Gasteiger partial charge in [-0.2, -0.15) is 0 Å². The van der Waals surface area contributed by atoms with Gasteiger partial charge in [-0.15, -0.1) is 0 Å². The van der Waals surface area contributed by atoms with E-state index in [9.17, 15) is 9.59 Å². The number of hydrogen-bond acceptors (Lipinski definition) is 6. The normalized spacial score (nSPS) is 12.2. The van der Waals surface area contributed by atoms with Crippen molar-refractivity contribution in [3.8, 4) is 5.75 Å². The molecule has 1 amide bonds. The molecule has 1 unspecified atom stereocenters. The molecule has 0 aliphatic rings. The van der Waals surface area contributed by atoms with Crippen molar-refractivity contribution in [2.24, 2.45) is 0 Å². The number of rotatable bonds is 5. The van der Waals surface area contributed by atoms with Gasteiger partial charge in [-0.05, 0) is 33.8 Å². The molecule has 22 heavy (non-hydrogen) atoms. The van der Waals surface area contributed by atoms with Crippen LogP contribution in [0.2, 0.25) is 0 Å². The van der Waals surface area contributed by atoms with E-state index in [0.29, 0.717) is 5.75 Å². The second-order valence-corrected chi connectivity index (χ2v) is 5.72. The molecule has 1 heterocycles. The number of esters is 1. The summed E-state index contributed by atoms with van der Waals surface area (Å²) in [6.07, 6.45) is 2.35. The highest BCUT2D eigenvalue weighted by Gasteiger charge is 2.19. The lowest BCUT2D eigenvalue weighted by atomic mass is 10.2. The van der Waals surface area contributed by atoms with E-state index in [1.165, 1.54) is 19.5 Å². The minimum absolute atomic E-state index is 0.174. The number of ether oxygens (including phenoxy) is 3. The molecule has 0 aliphatic carbocycles. The van der Waals surface area contributed by atoms with Crippen LogP contribution >= 0.6 is 0 Å². The Morgan fingerprint density at radius 1 is 1.36 bits per heavy atom. The first-order valence-electron chi connectivity index (χ1n) is 6.87. The van der Waals surface area contributed by atoms with Crippen LogP contribution in [0.1, 0.15) is 38.1 Å². The Balaban J connectivity index is 2.56. The van der Waals surface area contributed by atoms with Crippen LogP contribution in [0, 0.1) is 0 Å². The van der Waals surface area contributed by atoms with Gasteiger partial charge in [-0.25, -0.2) is 9.59 Å². The average molecular weight is 310 g/mol. The molecule has 0 aliphatic heterocycles. The Bertz CT molecular complexity index is 525. The van der Waals surface area contributed by atoms with Gasteiger partial charge >= 0.3 is 12.1 Å². The zero-order valence-electron chi connectivity index (χ0n) is 13.5. The molecule has 0 saturated carbocycles. The number of nitrogens with one attached hydrogen (secondary N) is 1. The monoisotopic (exact) mass is 310 g/mol. The third-order valence-corrected chi connectivity index (χ3v) is 2.44. The van der Waals surface area contributed by atoms with E-state index in [1.807, 2.05) is 0 Å². The molecule has 7 heteroatoms. The highest BCUT2D eigenvalue weighted by Crippen LogP contribution is 2.17. The van der Waals surface area contributed by atoms with E-state index < -0.39 is 17.7 Å². The topological polar surface area (TPSA) is 86.8 Å². The molecule has 0 bridgehead atoms. The first-order chi connectivity index (χ1) is 10.2. The summed E-state index contributed by atoms with van der Waals surface area (Å²) in [7, 11) is 1.28. The summed E-state index contributed by atoms with van der Waals surface area (Å²) in [6, 6.07) is 1.26. The lowest BCUT2D eigenvalue weighted by Crippen LogP contribution is -2.40. The highest BCUT2D eigenvalue weighted by atomic mass is 16.6. The Kier molecular flexibility index (Phi) is 6.15. The first kappa shape index (κ1) is 17.7. The summed E-state index contributed by atoms with van der Waals surface area (Å²) >= 11 is 0. The van der Waals surface area contributed by atoms with Gasteiger partial charge < -0.3 is 19.5 Å². The fourth-order valence-corrected chi connectivity index (χ4v) is 1.54. The van der Waals surface area contributed by atoms with Crippen molar-refractivity contribution in [1.29, 1.82) is 0 Å². The number of hydrogen-bond donors (Lipinski definition) is 1. The Labute approximate surface area is 130 Å². The highest BCUT2D eigenvalue weighted by molar-refractivity contribution is 5.91. The SMILES string of the molecule is COC(=O)c1cnccc1OCC(C)NC(=O)OC(C)(C)C. The molecule has 1 aromatic heterocycles. The number of alkyl carbamates (subject to hydrolysis) is 1. The van der Waals surface area contributed by atoms with Gasteiger partial charge in [0.2, 0.25) is 0 Å². The van der Waals surface area contributed by atoms with Crippen molar-refractivity contribution in [2.45, 2.75) is 39.3 Å². The van der Waals surface area contributed by atoms with Crippen molar-refractivity contribution >= 4 is 12.1 Å². The van der Waals surface area contributed by atoms with Crippen LogP contribution in [-0.4, -0.2) is 42.4 Å². The smallest absolute Gasteiger partial charge is 0.407 e. The minimum atomic E-state index is -0.562. The predicted octanol–water partition coefficient (Wildman–Crippen LogP) is 2.16. The number of carbonyl (C=O) groups excluding carboxylic acids is 2. The van der Waals surface area contributed by atoms with Crippen LogP contribution in [0.3, 0.4) is 0 Å². The van der Waals surface area contributed by atoms with E-state index in [4.69, 9.17) is 9.47 Å². The van der Waals surface area contributed by atoms with Crippen molar-refractivity contribution in [2.75, 3.05) is 13.7 Å². The maximum absolute atomic E-state index is 11.6. The number of methoxy groups -OCH3 is 1. The lowest BCUT2D eigenvalue weighted by molar-refractivity contribution is 0.0489. The van der Waals surface area contributed by atoms with E-state index in [2.05, 4.69) is 15.0 Å². The molecule has 0 fully saturated rings. The zero-order chi connectivity index (χ0) is 16.8. The Morgan fingerprint density at radius 3 is 2.64 bits per heavy atom. The Morgan fingerprint density at radius 2 is 2.05 bits per heavy atom. The van der Waals surface area contributed by atoms with E-state index in [-0.39, 0.29) is 18.2 Å². The zero-order valence-corrected chi connectivity index (χ0v) is 13.5. The van der Waals surface area contributed by atoms with E-state index >= 15 is 0 Å². The van der Waals surface area contributed by atoms with E-state index in [0.717, 1.165) is 0 Å². The fourth-order valence-electron chi connectivity index (χ4n) is 1.54. The van der Waals surface area contributed by atoms with Crippen LogP contribution in [0.5, 0.6) is 5.75 Å². The second kappa shape index (κ2) is 7.63. The second-order valence-electron chi connectivity index (χ2n) is 5.72. The molecule has 0 radical (unpaired) electrons. The van der Waals surface area contributed by atoms with Gasteiger partial charge in [0.05, 0.1) is 13.2 Å². The van der Waals surface area contributed by atoms with Crippen molar-refractivity contribution < 1.29 is 23.8 Å². The quantitative estimate of drug-likeness (QED) is 0.839.